The van der Waals surface area contributed by atoms with Gasteiger partial charge in [0.1, 0.15) is 17.4 Å². The molecule has 2 aromatic carbocycles. The van der Waals surface area contributed by atoms with Crippen LogP contribution >= 0.6 is 0 Å². The maximum atomic E-state index is 13.6. The summed E-state index contributed by atoms with van der Waals surface area (Å²) in [5, 5.41) is 2.72. The number of halogens is 4. The third kappa shape index (κ3) is 7.82. The van der Waals surface area contributed by atoms with Gasteiger partial charge in [-0.1, -0.05) is 0 Å². The Hall–Kier alpha value is -3.98. The first-order valence-corrected chi connectivity index (χ1v) is 13.9. The topological polar surface area (TPSA) is 114 Å². The lowest BCUT2D eigenvalue weighted by molar-refractivity contribution is -0.141. The van der Waals surface area contributed by atoms with E-state index in [9.17, 15) is 30.8 Å². The van der Waals surface area contributed by atoms with E-state index >= 15 is 0 Å². The van der Waals surface area contributed by atoms with Gasteiger partial charge in [0.15, 0.2) is 5.69 Å². The molecule has 3 aromatic rings. The number of nitrogens with one attached hydrogen (secondary N) is 1. The van der Waals surface area contributed by atoms with Gasteiger partial charge in [-0.2, -0.15) is 22.5 Å². The van der Waals surface area contributed by atoms with E-state index in [1.165, 1.54) is 52.7 Å². The number of hydrogen-bond acceptors (Lipinski definition) is 9. The van der Waals surface area contributed by atoms with Crippen molar-refractivity contribution in [1.29, 1.82) is 0 Å². The predicted octanol–water partition coefficient (Wildman–Crippen LogP) is 4.22. The molecule has 0 saturated carbocycles. The van der Waals surface area contributed by atoms with Gasteiger partial charge in [-0.15, -0.1) is 0 Å². The van der Waals surface area contributed by atoms with Crippen molar-refractivity contribution in [2.75, 3.05) is 50.1 Å². The molecule has 0 atom stereocenters. The highest BCUT2D eigenvalue weighted by Crippen LogP contribution is 2.32. The SMILES string of the molecule is COC(=O)CCCOc1ccc(S(=O)(=O)N2CCN(c3nc(Nc4ccc(F)cc4)cc(C(F)(F)F)n3)CC2)cc1. The second-order valence-corrected chi connectivity index (χ2v) is 10.9. The molecule has 1 aliphatic rings. The molecule has 0 amide bonds. The van der Waals surface area contributed by atoms with Crippen molar-refractivity contribution >= 4 is 33.4 Å². The average Bonchev–Trinajstić information content (AvgIpc) is 2.96. The largest absolute Gasteiger partial charge is 0.494 e. The summed E-state index contributed by atoms with van der Waals surface area (Å²) in [6, 6.07) is 11.6. The number of benzene rings is 2. The second-order valence-electron chi connectivity index (χ2n) is 8.96. The minimum atomic E-state index is -4.75. The molecule has 0 spiro atoms. The second kappa shape index (κ2) is 12.7. The van der Waals surface area contributed by atoms with Gasteiger partial charge in [-0.25, -0.2) is 17.8 Å². The molecule has 1 aliphatic heterocycles. The zero-order chi connectivity index (χ0) is 29.6. The molecule has 0 aliphatic carbocycles. The molecule has 0 unspecified atom stereocenters. The first kappa shape index (κ1) is 30.0. The van der Waals surface area contributed by atoms with Crippen molar-refractivity contribution in [1.82, 2.24) is 14.3 Å². The number of carbonyl (C=O) groups is 1. The summed E-state index contributed by atoms with van der Waals surface area (Å²) in [7, 11) is -2.58. The fraction of sp³-hybridized carbons (Fsp3) is 0.346. The van der Waals surface area contributed by atoms with Crippen molar-refractivity contribution in [2.45, 2.75) is 23.9 Å². The Morgan fingerprint density at radius 2 is 1.66 bits per heavy atom. The Morgan fingerprint density at radius 1 is 1.00 bits per heavy atom. The van der Waals surface area contributed by atoms with E-state index in [4.69, 9.17) is 4.74 Å². The highest BCUT2D eigenvalue weighted by Gasteiger charge is 2.35. The van der Waals surface area contributed by atoms with Crippen LogP contribution in [0.5, 0.6) is 5.75 Å². The van der Waals surface area contributed by atoms with Gasteiger partial charge in [-0.3, -0.25) is 4.79 Å². The van der Waals surface area contributed by atoms with Crippen molar-refractivity contribution in [3.05, 3.63) is 66.1 Å². The van der Waals surface area contributed by atoms with Gasteiger partial charge in [0, 0.05) is 44.4 Å². The summed E-state index contributed by atoms with van der Waals surface area (Å²) in [6.07, 6.45) is -4.11. The summed E-state index contributed by atoms with van der Waals surface area (Å²) in [6.45, 7) is 0.348. The van der Waals surface area contributed by atoms with Gasteiger partial charge >= 0.3 is 12.1 Å². The predicted molar refractivity (Wildman–Crippen MR) is 141 cm³/mol. The number of ether oxygens (including phenoxy) is 2. The molecule has 1 saturated heterocycles. The number of aromatic nitrogens is 2. The van der Waals surface area contributed by atoms with Crippen molar-refractivity contribution in [2.24, 2.45) is 0 Å². The number of sulfonamides is 1. The summed E-state index contributed by atoms with van der Waals surface area (Å²) in [4.78, 5) is 20.5. The Labute approximate surface area is 234 Å². The molecule has 10 nitrogen and oxygen atoms in total. The summed E-state index contributed by atoms with van der Waals surface area (Å²) in [5.74, 6) is -0.770. The zero-order valence-electron chi connectivity index (χ0n) is 21.9. The van der Waals surface area contributed by atoms with E-state index < -0.39 is 27.7 Å². The van der Waals surface area contributed by atoms with Gasteiger partial charge in [-0.05, 0) is 55.0 Å². The molecule has 1 N–H and O–H groups in total. The first-order chi connectivity index (χ1) is 19.5. The molecule has 4 rings (SSSR count). The molecule has 1 fully saturated rings. The van der Waals surface area contributed by atoms with E-state index in [1.54, 1.807) is 0 Å². The van der Waals surface area contributed by atoms with Crippen LogP contribution in [-0.2, 0) is 25.7 Å². The minimum absolute atomic E-state index is 0.00551. The minimum Gasteiger partial charge on any atom is -0.494 e. The highest BCUT2D eigenvalue weighted by atomic mass is 32.2. The van der Waals surface area contributed by atoms with E-state index in [2.05, 4.69) is 20.0 Å². The molecule has 0 bridgehead atoms. The van der Waals surface area contributed by atoms with E-state index in [0.717, 1.165) is 18.2 Å². The van der Waals surface area contributed by atoms with Crippen LogP contribution in [-0.4, -0.2) is 68.6 Å². The number of piperazine rings is 1. The van der Waals surface area contributed by atoms with Crippen molar-refractivity contribution in [3.8, 4) is 5.75 Å². The Morgan fingerprint density at radius 3 is 2.27 bits per heavy atom. The van der Waals surface area contributed by atoms with Crippen LogP contribution in [0.2, 0.25) is 0 Å². The summed E-state index contributed by atoms with van der Waals surface area (Å²) < 4.78 is 91.6. The molecule has 220 valence electrons. The first-order valence-electron chi connectivity index (χ1n) is 12.5. The number of alkyl halides is 3. The fourth-order valence-corrected chi connectivity index (χ4v) is 5.38. The van der Waals surface area contributed by atoms with Gasteiger partial charge in [0.25, 0.3) is 0 Å². The Balaban J connectivity index is 1.41. The van der Waals surface area contributed by atoms with Crippen LogP contribution in [0.15, 0.2) is 59.5 Å². The number of carbonyl (C=O) groups excluding carboxylic acids is 1. The number of hydrogen-bond donors (Lipinski definition) is 1. The molecule has 1 aromatic heterocycles. The van der Waals surface area contributed by atoms with E-state index in [1.807, 2.05) is 0 Å². The third-order valence-electron chi connectivity index (χ3n) is 6.13. The average molecular weight is 598 g/mol. The van der Waals surface area contributed by atoms with Crippen LogP contribution in [0, 0.1) is 5.82 Å². The van der Waals surface area contributed by atoms with Crippen LogP contribution in [0.3, 0.4) is 0 Å². The molecule has 41 heavy (non-hydrogen) atoms. The van der Waals surface area contributed by atoms with Crippen LogP contribution in [0.1, 0.15) is 18.5 Å². The monoisotopic (exact) mass is 597 g/mol. The van der Waals surface area contributed by atoms with E-state index in [0.29, 0.717) is 17.9 Å². The van der Waals surface area contributed by atoms with Crippen molar-refractivity contribution in [3.63, 3.8) is 0 Å². The fourth-order valence-electron chi connectivity index (χ4n) is 3.96. The quantitative estimate of drug-likeness (QED) is 0.209. The Kier molecular flexibility index (Phi) is 9.28. The Bertz CT molecular complexity index is 1450. The summed E-state index contributed by atoms with van der Waals surface area (Å²) >= 11 is 0. The number of nitrogens with zero attached hydrogens (tertiary/aromatic N) is 4. The maximum Gasteiger partial charge on any atom is 0.433 e. The number of anilines is 3. The van der Waals surface area contributed by atoms with Crippen LogP contribution < -0.4 is 15.0 Å². The van der Waals surface area contributed by atoms with Crippen molar-refractivity contribution < 1.29 is 40.2 Å². The molecular formula is C26H27F4N5O5S. The van der Waals surface area contributed by atoms with Crippen LogP contribution in [0.4, 0.5) is 35.0 Å². The molecule has 0 radical (unpaired) electrons. The standard InChI is InChI=1S/C26H27F4N5O5S/c1-39-24(36)3-2-16-40-20-8-10-21(11-9-20)41(37,38)35-14-12-34(13-15-35)25-32-22(26(28,29)30)17-23(33-25)31-19-6-4-18(27)5-7-19/h4-11,17H,2-3,12-16H2,1H3,(H,31,32,33). The maximum absolute atomic E-state index is 13.6. The molecule has 15 heteroatoms. The lowest BCUT2D eigenvalue weighted by atomic mass is 10.3. The normalized spacial score (nSPS) is 14.5. The highest BCUT2D eigenvalue weighted by molar-refractivity contribution is 7.89. The third-order valence-corrected chi connectivity index (χ3v) is 8.04. The smallest absolute Gasteiger partial charge is 0.433 e. The lowest BCUT2D eigenvalue weighted by Gasteiger charge is -2.34. The number of methoxy groups -OCH3 is 1. The summed E-state index contributed by atoms with van der Waals surface area (Å²) in [5.41, 5.74) is -0.840. The van der Waals surface area contributed by atoms with Crippen LogP contribution in [0.25, 0.3) is 0 Å². The molecule has 2 heterocycles. The van der Waals surface area contributed by atoms with E-state index in [-0.39, 0.29) is 61.8 Å². The number of esters is 1. The lowest BCUT2D eigenvalue weighted by Crippen LogP contribution is -2.49. The van der Waals surface area contributed by atoms with Gasteiger partial charge in [0.2, 0.25) is 16.0 Å². The zero-order valence-corrected chi connectivity index (χ0v) is 22.7. The number of rotatable bonds is 10. The van der Waals surface area contributed by atoms with Gasteiger partial charge < -0.3 is 19.7 Å². The molecular weight excluding hydrogens is 570 g/mol. The van der Waals surface area contributed by atoms with Gasteiger partial charge in [0.05, 0.1) is 18.6 Å².